The van der Waals surface area contributed by atoms with Crippen LogP contribution in [0.2, 0.25) is 0 Å². The Morgan fingerprint density at radius 2 is 2.05 bits per heavy atom. The predicted molar refractivity (Wildman–Crippen MR) is 85.0 cm³/mol. The van der Waals surface area contributed by atoms with E-state index in [4.69, 9.17) is 4.74 Å². The molecule has 2 fully saturated rings. The molecule has 0 unspecified atom stereocenters. The number of carbonyl (C=O) groups is 2. The Hall–Kier alpha value is -1.01. The Kier molecular flexibility index (Phi) is 3.78. The van der Waals surface area contributed by atoms with Crippen molar-refractivity contribution in [2.24, 2.45) is 0 Å². The van der Waals surface area contributed by atoms with Crippen LogP contribution in [0.1, 0.15) is 19.4 Å². The minimum Gasteiger partial charge on any atom is -0.459 e. The summed E-state index contributed by atoms with van der Waals surface area (Å²) in [6, 6.07) is 9.03. The van der Waals surface area contributed by atoms with E-state index in [1.54, 1.807) is 16.7 Å². The van der Waals surface area contributed by atoms with Crippen LogP contribution < -0.4 is 0 Å². The highest BCUT2D eigenvalue weighted by Crippen LogP contribution is 2.52. The van der Waals surface area contributed by atoms with E-state index in [-0.39, 0.29) is 33.4 Å². The van der Waals surface area contributed by atoms with Gasteiger partial charge in [0.1, 0.15) is 22.8 Å². The Bertz CT molecular complexity index is 578. The van der Waals surface area contributed by atoms with Crippen LogP contribution in [0.3, 0.4) is 0 Å². The number of carbonyl (C=O) groups excluding carboxylic acids is 2. The zero-order valence-corrected chi connectivity index (χ0v) is 14.2. The lowest BCUT2D eigenvalue weighted by Gasteiger charge is -2.41. The Morgan fingerprint density at radius 3 is 2.71 bits per heavy atom. The molecule has 0 spiro atoms. The average molecular weight is 370 g/mol. The largest absolute Gasteiger partial charge is 0.459 e. The molecular weight excluding hydrogens is 354 g/mol. The summed E-state index contributed by atoms with van der Waals surface area (Å²) in [6.45, 7) is 4.20. The van der Waals surface area contributed by atoms with Gasteiger partial charge < -0.3 is 9.64 Å². The van der Waals surface area contributed by atoms with E-state index in [1.165, 1.54) is 0 Å². The van der Waals surface area contributed by atoms with Crippen molar-refractivity contribution in [3.63, 3.8) is 0 Å². The van der Waals surface area contributed by atoms with Crippen LogP contribution in [0.15, 0.2) is 30.3 Å². The van der Waals surface area contributed by atoms with Crippen LogP contribution >= 0.6 is 27.7 Å². The molecule has 1 aromatic carbocycles. The van der Waals surface area contributed by atoms with Gasteiger partial charge in [-0.25, -0.2) is 4.79 Å². The molecule has 3 atom stereocenters. The van der Waals surface area contributed by atoms with Gasteiger partial charge in [-0.15, -0.1) is 11.8 Å². The smallest absolute Gasteiger partial charge is 0.330 e. The molecule has 112 valence electrons. The Balaban J connectivity index is 1.70. The number of rotatable bonds is 3. The molecular formula is C15H16BrNO3S. The number of thioether (sulfide) groups is 1. The second-order valence-corrected chi connectivity index (χ2v) is 8.51. The Labute approximate surface area is 136 Å². The summed E-state index contributed by atoms with van der Waals surface area (Å²) in [5, 5.41) is 0.0294. The van der Waals surface area contributed by atoms with Crippen molar-refractivity contribution in [2.45, 2.75) is 41.4 Å². The fraction of sp³-hybridized carbons (Fsp3) is 0.467. The molecule has 2 heterocycles. The van der Waals surface area contributed by atoms with Crippen molar-refractivity contribution in [3.05, 3.63) is 35.9 Å². The van der Waals surface area contributed by atoms with E-state index < -0.39 is 6.04 Å². The predicted octanol–water partition coefficient (Wildman–Crippen LogP) is 2.56. The monoisotopic (exact) mass is 369 g/mol. The summed E-state index contributed by atoms with van der Waals surface area (Å²) in [6.07, 6.45) is 0. The van der Waals surface area contributed by atoms with Gasteiger partial charge in [-0.1, -0.05) is 46.3 Å². The molecule has 2 aliphatic heterocycles. The van der Waals surface area contributed by atoms with Crippen molar-refractivity contribution in [2.75, 3.05) is 0 Å². The van der Waals surface area contributed by atoms with Gasteiger partial charge >= 0.3 is 5.97 Å². The van der Waals surface area contributed by atoms with Gasteiger partial charge in [-0.05, 0) is 19.4 Å². The average Bonchev–Trinajstić information content (AvgIpc) is 2.74. The van der Waals surface area contributed by atoms with Gasteiger partial charge in [0.05, 0.1) is 0 Å². The molecule has 0 radical (unpaired) electrons. The molecule has 0 aliphatic carbocycles. The van der Waals surface area contributed by atoms with E-state index in [0.29, 0.717) is 0 Å². The summed E-state index contributed by atoms with van der Waals surface area (Å²) in [4.78, 5) is 25.9. The quantitative estimate of drug-likeness (QED) is 0.466. The number of nitrogens with zero attached hydrogens (tertiary/aromatic N) is 1. The van der Waals surface area contributed by atoms with Crippen LogP contribution in [0.25, 0.3) is 0 Å². The number of ether oxygens (including phenoxy) is 1. The lowest BCUT2D eigenvalue weighted by atomic mass is 9.98. The molecule has 0 aromatic heterocycles. The summed E-state index contributed by atoms with van der Waals surface area (Å²) in [5.41, 5.74) is 0.944. The first-order valence-corrected chi connectivity index (χ1v) is 8.56. The Morgan fingerprint density at radius 1 is 1.38 bits per heavy atom. The number of alkyl halides is 1. The molecule has 3 rings (SSSR count). The van der Waals surface area contributed by atoms with Crippen molar-refractivity contribution < 1.29 is 14.3 Å². The fourth-order valence-corrected chi connectivity index (χ4v) is 5.11. The first-order chi connectivity index (χ1) is 9.92. The number of benzene rings is 1. The third kappa shape index (κ3) is 2.48. The minimum atomic E-state index is -0.516. The van der Waals surface area contributed by atoms with Crippen molar-refractivity contribution >= 4 is 39.6 Å². The van der Waals surface area contributed by atoms with E-state index in [2.05, 4.69) is 15.9 Å². The second kappa shape index (κ2) is 5.32. The highest BCUT2D eigenvalue weighted by Gasteiger charge is 2.63. The molecule has 0 N–H and O–H groups in total. The van der Waals surface area contributed by atoms with Gasteiger partial charge in [-0.3, -0.25) is 4.79 Å². The maximum Gasteiger partial charge on any atom is 0.330 e. The van der Waals surface area contributed by atoms with Crippen LogP contribution in [-0.2, 0) is 20.9 Å². The molecule has 1 amide bonds. The van der Waals surface area contributed by atoms with Gasteiger partial charge in [0.25, 0.3) is 0 Å². The zero-order chi connectivity index (χ0) is 15.2. The number of esters is 1. The van der Waals surface area contributed by atoms with Gasteiger partial charge in [0, 0.05) is 4.75 Å². The number of fused-ring (bicyclic) bond motifs is 1. The lowest BCUT2D eigenvalue weighted by Crippen LogP contribution is -2.63. The second-order valence-electron chi connectivity index (χ2n) is 5.75. The van der Waals surface area contributed by atoms with Crippen LogP contribution in [0.5, 0.6) is 0 Å². The first-order valence-electron chi connectivity index (χ1n) is 6.76. The highest BCUT2D eigenvalue weighted by atomic mass is 79.9. The third-order valence-electron chi connectivity index (χ3n) is 3.82. The summed E-state index contributed by atoms with van der Waals surface area (Å²) in [7, 11) is 0. The van der Waals surface area contributed by atoms with E-state index in [9.17, 15) is 9.59 Å². The molecule has 1 aromatic rings. The fourth-order valence-electron chi connectivity index (χ4n) is 2.75. The van der Waals surface area contributed by atoms with Gasteiger partial charge in [0.15, 0.2) is 0 Å². The molecule has 0 saturated carbocycles. The van der Waals surface area contributed by atoms with Gasteiger partial charge in [-0.2, -0.15) is 0 Å². The maximum atomic E-state index is 12.4. The van der Waals surface area contributed by atoms with Crippen LogP contribution in [0.4, 0.5) is 0 Å². The topological polar surface area (TPSA) is 46.6 Å². The standard InChI is InChI=1S/C15H16BrNO3S/c1-15(2)11(17-12(18)10(16)13(17)21-15)14(19)20-8-9-6-4-3-5-7-9/h3-7,10-11,13H,8H2,1-2H3/t10-,11-,13+/m0/s1. The van der Waals surface area contributed by atoms with Crippen LogP contribution in [-0.4, -0.2) is 37.8 Å². The molecule has 0 bridgehead atoms. The SMILES string of the molecule is CC1(C)S[C@@H]2[C@@H](Br)C(=O)N2[C@H]1C(=O)OCc1ccccc1. The number of halogens is 1. The van der Waals surface area contributed by atoms with Crippen LogP contribution in [0, 0.1) is 0 Å². The summed E-state index contributed by atoms with van der Waals surface area (Å²) < 4.78 is 5.09. The minimum absolute atomic E-state index is 0.0280. The molecule has 21 heavy (non-hydrogen) atoms. The molecule has 4 nitrogen and oxygen atoms in total. The van der Waals surface area contributed by atoms with Gasteiger partial charge in [0.2, 0.25) is 5.91 Å². The van der Waals surface area contributed by atoms with Crippen molar-refractivity contribution in [1.82, 2.24) is 4.90 Å². The lowest BCUT2D eigenvalue weighted by molar-refractivity contribution is -0.161. The molecule has 2 saturated heterocycles. The normalized spacial score (nSPS) is 29.8. The molecule has 6 heteroatoms. The van der Waals surface area contributed by atoms with E-state index in [1.807, 2.05) is 44.2 Å². The van der Waals surface area contributed by atoms with E-state index in [0.717, 1.165) is 5.56 Å². The number of hydrogen-bond donors (Lipinski definition) is 0. The third-order valence-corrected chi connectivity index (χ3v) is 6.64. The number of hydrogen-bond acceptors (Lipinski definition) is 4. The first kappa shape index (κ1) is 14.9. The number of amides is 1. The molecule has 2 aliphatic rings. The van der Waals surface area contributed by atoms with Crippen molar-refractivity contribution in [1.29, 1.82) is 0 Å². The highest BCUT2D eigenvalue weighted by molar-refractivity contribution is 9.10. The summed E-state index contributed by atoms with van der Waals surface area (Å²) >= 11 is 5.02. The van der Waals surface area contributed by atoms with Crippen molar-refractivity contribution in [3.8, 4) is 0 Å². The summed E-state index contributed by atoms with van der Waals surface area (Å²) in [5.74, 6) is -0.355. The number of β-lactam (4-membered cyclic amide) rings is 1. The van der Waals surface area contributed by atoms with E-state index >= 15 is 0 Å². The maximum absolute atomic E-state index is 12.4. The zero-order valence-electron chi connectivity index (χ0n) is 11.8.